The topological polar surface area (TPSA) is 91.4 Å². The standard InChI is InChI=1S/C41H59ClN4O5S/c1-6-8-18-41(50-5,28-45-22-20-44(19-7-2)21-23-45)36-14-11-33(36)26-46-27-40(17-9-10-31-24-34(42)13-15-35(31)40)29-51-38-16-12-32(25-37(38)46)39(47)43-52(48,49)30(3)4/h8,12-13,15-16,18,24-25,30,33,36H,6-7,9-11,14,17,19-23,26-29H2,1-5H3,(H,43,47)/b18-8+/t33-,36+,40-,41-/m0/s1. The highest BCUT2D eigenvalue weighted by atomic mass is 35.5. The van der Waals surface area contributed by atoms with Crippen LogP contribution in [0.4, 0.5) is 5.69 Å². The molecule has 0 bridgehead atoms. The Morgan fingerprint density at radius 3 is 2.56 bits per heavy atom. The summed E-state index contributed by atoms with van der Waals surface area (Å²) in [4.78, 5) is 21.0. The Kier molecular flexibility index (Phi) is 12.3. The van der Waals surface area contributed by atoms with E-state index < -0.39 is 26.8 Å². The summed E-state index contributed by atoms with van der Waals surface area (Å²) < 4.78 is 40.9. The SMILES string of the molecule is CC/C=C/[C@@](CN1CCN(CCC)CC1)(OC)[C@@H]1CC[C@H]1CN1C[C@@]2(CCCc3cc(Cl)ccc32)COc2ccc(C(=O)NS(=O)(=O)C(C)C)cc21. The number of nitrogens with one attached hydrogen (secondary N) is 1. The number of allylic oxidation sites excluding steroid dienone is 1. The predicted octanol–water partition coefficient (Wildman–Crippen LogP) is 6.69. The number of hydrogen-bond acceptors (Lipinski definition) is 8. The molecule has 2 heterocycles. The second-order valence-corrected chi connectivity index (χ2v) is 18.5. The van der Waals surface area contributed by atoms with E-state index in [1.165, 1.54) is 17.5 Å². The maximum Gasteiger partial charge on any atom is 0.264 e. The number of methoxy groups -OCH3 is 1. The molecule has 4 aliphatic rings. The van der Waals surface area contributed by atoms with E-state index >= 15 is 0 Å². The van der Waals surface area contributed by atoms with Crippen molar-refractivity contribution in [2.24, 2.45) is 11.8 Å². The summed E-state index contributed by atoms with van der Waals surface area (Å²) >= 11 is 6.50. The zero-order chi connectivity index (χ0) is 37.1. The number of carbonyl (C=O) groups excluding carboxylic acids is 1. The highest BCUT2D eigenvalue weighted by molar-refractivity contribution is 7.90. The van der Waals surface area contributed by atoms with Crippen molar-refractivity contribution in [3.8, 4) is 5.75 Å². The number of fused-ring (bicyclic) bond motifs is 3. The molecule has 286 valence electrons. The summed E-state index contributed by atoms with van der Waals surface area (Å²) in [5, 5.41) is 0.0213. The molecule has 1 amide bonds. The fourth-order valence-corrected chi connectivity index (χ4v) is 9.81. The number of piperazine rings is 1. The number of aryl methyl sites for hydroxylation is 1. The minimum absolute atomic E-state index is 0.265. The zero-order valence-corrected chi connectivity index (χ0v) is 33.4. The average Bonchev–Trinajstić information content (AvgIpc) is 3.26. The summed E-state index contributed by atoms with van der Waals surface area (Å²) in [7, 11) is -1.91. The van der Waals surface area contributed by atoms with Gasteiger partial charge in [0.2, 0.25) is 10.0 Å². The number of anilines is 1. The monoisotopic (exact) mass is 754 g/mol. The Bertz CT molecular complexity index is 1710. The molecule has 0 radical (unpaired) electrons. The molecular weight excluding hydrogens is 696 g/mol. The van der Waals surface area contributed by atoms with Gasteiger partial charge in [-0.3, -0.25) is 9.69 Å². The molecule has 6 rings (SSSR count). The Hall–Kier alpha value is -2.63. The number of halogens is 1. The predicted molar refractivity (Wildman–Crippen MR) is 210 cm³/mol. The van der Waals surface area contributed by atoms with E-state index in [1.54, 1.807) is 19.9 Å². The number of carbonyl (C=O) groups is 1. The number of benzene rings is 2. The number of amides is 1. The number of rotatable bonds is 13. The third kappa shape index (κ3) is 8.21. The van der Waals surface area contributed by atoms with E-state index in [2.05, 4.69) is 57.6 Å². The van der Waals surface area contributed by atoms with Gasteiger partial charge in [-0.1, -0.05) is 43.7 Å². The van der Waals surface area contributed by atoms with Crippen molar-refractivity contribution < 1.29 is 22.7 Å². The van der Waals surface area contributed by atoms with Gasteiger partial charge in [0.25, 0.3) is 5.91 Å². The van der Waals surface area contributed by atoms with Crippen LogP contribution in [0, 0.1) is 11.8 Å². The van der Waals surface area contributed by atoms with Crippen LogP contribution in [0.1, 0.15) is 87.7 Å². The Morgan fingerprint density at radius 1 is 1.12 bits per heavy atom. The molecule has 1 spiro atoms. The Balaban J connectivity index is 1.33. The molecule has 4 atom stereocenters. The second-order valence-electron chi connectivity index (χ2n) is 15.8. The van der Waals surface area contributed by atoms with Crippen molar-refractivity contribution in [2.75, 3.05) is 71.0 Å². The van der Waals surface area contributed by atoms with Gasteiger partial charge in [-0.05, 0) is 119 Å². The van der Waals surface area contributed by atoms with Crippen LogP contribution >= 0.6 is 11.6 Å². The fourth-order valence-electron chi connectivity index (χ4n) is 9.01. The van der Waals surface area contributed by atoms with Gasteiger partial charge in [0.1, 0.15) is 11.4 Å². The van der Waals surface area contributed by atoms with E-state index in [0.717, 1.165) is 102 Å². The lowest BCUT2D eigenvalue weighted by molar-refractivity contribution is -0.0954. The first-order valence-electron chi connectivity index (χ1n) is 19.5. The zero-order valence-electron chi connectivity index (χ0n) is 31.8. The normalized spacial score (nSPS) is 25.2. The second kappa shape index (κ2) is 16.4. The van der Waals surface area contributed by atoms with Crippen LogP contribution in [0.5, 0.6) is 5.75 Å². The van der Waals surface area contributed by atoms with Crippen LogP contribution in [0.25, 0.3) is 0 Å². The van der Waals surface area contributed by atoms with Gasteiger partial charge in [0.05, 0.1) is 17.5 Å². The summed E-state index contributed by atoms with van der Waals surface area (Å²) in [6.07, 6.45) is 11.9. The first-order valence-corrected chi connectivity index (χ1v) is 21.4. The molecule has 1 saturated heterocycles. The molecule has 0 aromatic heterocycles. The van der Waals surface area contributed by atoms with Crippen LogP contribution < -0.4 is 14.4 Å². The fraction of sp³-hybridized carbons (Fsp3) is 0.634. The average molecular weight is 755 g/mol. The van der Waals surface area contributed by atoms with Crippen LogP contribution in [-0.4, -0.2) is 101 Å². The van der Waals surface area contributed by atoms with Gasteiger partial charge in [-0.25, -0.2) is 13.1 Å². The van der Waals surface area contributed by atoms with Crippen molar-refractivity contribution >= 4 is 33.2 Å². The highest BCUT2D eigenvalue weighted by Gasteiger charge is 2.49. The molecule has 1 N–H and O–H groups in total. The molecule has 2 aromatic carbocycles. The Labute approximate surface area is 317 Å². The van der Waals surface area contributed by atoms with Gasteiger partial charge in [-0.2, -0.15) is 0 Å². The van der Waals surface area contributed by atoms with Gasteiger partial charge in [0.15, 0.2) is 0 Å². The smallest absolute Gasteiger partial charge is 0.264 e. The Morgan fingerprint density at radius 2 is 1.88 bits per heavy atom. The molecule has 2 fully saturated rings. The van der Waals surface area contributed by atoms with Crippen molar-refractivity contribution in [2.45, 2.75) is 88.9 Å². The van der Waals surface area contributed by atoms with Crippen molar-refractivity contribution in [1.29, 1.82) is 0 Å². The molecule has 2 aromatic rings. The summed E-state index contributed by atoms with van der Waals surface area (Å²) in [5.74, 6) is 0.748. The number of ether oxygens (including phenoxy) is 2. The van der Waals surface area contributed by atoms with Gasteiger partial charge >= 0.3 is 0 Å². The highest BCUT2D eigenvalue weighted by Crippen LogP contribution is 2.49. The largest absolute Gasteiger partial charge is 0.490 e. The number of sulfonamides is 1. The molecule has 2 aliphatic heterocycles. The molecule has 0 unspecified atom stereocenters. The molecule has 9 nitrogen and oxygen atoms in total. The van der Waals surface area contributed by atoms with E-state index in [4.69, 9.17) is 21.1 Å². The lowest BCUT2D eigenvalue weighted by Gasteiger charge is -2.52. The molecule has 52 heavy (non-hydrogen) atoms. The summed E-state index contributed by atoms with van der Waals surface area (Å²) in [6, 6.07) is 11.6. The van der Waals surface area contributed by atoms with Crippen LogP contribution in [0.2, 0.25) is 5.02 Å². The van der Waals surface area contributed by atoms with E-state index in [0.29, 0.717) is 29.8 Å². The molecule has 2 aliphatic carbocycles. The number of nitrogens with zero attached hydrogens (tertiary/aromatic N) is 3. The molecule has 11 heteroatoms. The van der Waals surface area contributed by atoms with Crippen LogP contribution in [0.15, 0.2) is 48.6 Å². The van der Waals surface area contributed by atoms with E-state index in [1.807, 2.05) is 25.3 Å². The maximum atomic E-state index is 13.4. The molecule has 1 saturated carbocycles. The minimum atomic E-state index is -3.80. The van der Waals surface area contributed by atoms with E-state index in [-0.39, 0.29) is 5.41 Å². The number of hydrogen-bond donors (Lipinski definition) is 1. The van der Waals surface area contributed by atoms with Crippen molar-refractivity contribution in [1.82, 2.24) is 14.5 Å². The van der Waals surface area contributed by atoms with Gasteiger partial charge in [-0.15, -0.1) is 0 Å². The lowest BCUT2D eigenvalue weighted by atomic mass is 9.63. The van der Waals surface area contributed by atoms with Crippen LogP contribution in [0.3, 0.4) is 0 Å². The summed E-state index contributed by atoms with van der Waals surface area (Å²) in [5.41, 5.74) is 3.02. The van der Waals surface area contributed by atoms with Crippen LogP contribution in [-0.2, 0) is 26.6 Å². The lowest BCUT2D eigenvalue weighted by Crippen LogP contribution is -2.59. The van der Waals surface area contributed by atoms with E-state index in [9.17, 15) is 13.2 Å². The maximum absolute atomic E-state index is 13.4. The quantitative estimate of drug-likeness (QED) is 0.227. The third-order valence-corrected chi connectivity index (χ3v) is 14.1. The van der Waals surface area contributed by atoms with Crippen molar-refractivity contribution in [3.05, 3.63) is 70.3 Å². The summed E-state index contributed by atoms with van der Waals surface area (Å²) in [6.45, 7) is 15.9. The van der Waals surface area contributed by atoms with Crippen molar-refractivity contribution in [3.63, 3.8) is 0 Å². The first kappa shape index (κ1) is 39.1. The van der Waals surface area contributed by atoms with Gasteiger partial charge < -0.3 is 19.3 Å². The minimum Gasteiger partial charge on any atom is -0.490 e. The molecular formula is C41H59ClN4O5S. The third-order valence-electron chi connectivity index (χ3n) is 12.1. The van der Waals surface area contributed by atoms with Gasteiger partial charge in [0, 0.05) is 68.9 Å². The first-order chi connectivity index (χ1) is 24.9.